The number of primary amides is 1. The summed E-state index contributed by atoms with van der Waals surface area (Å²) < 4.78 is 34.7. The molecule has 1 atom stereocenters. The molecule has 0 radical (unpaired) electrons. The van der Waals surface area contributed by atoms with Crippen LogP contribution < -0.4 is 20.5 Å². The Bertz CT molecular complexity index is 826. The van der Waals surface area contributed by atoms with E-state index in [1.807, 2.05) is 0 Å². The summed E-state index contributed by atoms with van der Waals surface area (Å²) >= 11 is 0. The van der Waals surface area contributed by atoms with E-state index in [4.69, 9.17) is 10.5 Å². The van der Waals surface area contributed by atoms with Crippen LogP contribution in [-0.4, -0.2) is 25.5 Å². The van der Waals surface area contributed by atoms with E-state index in [2.05, 4.69) is 10.1 Å². The normalized spacial score (nSPS) is 12.0. The minimum atomic E-state index is -3.06. The molecule has 27 heavy (non-hydrogen) atoms. The van der Waals surface area contributed by atoms with Gasteiger partial charge < -0.3 is 20.5 Å². The van der Waals surface area contributed by atoms with E-state index in [0.29, 0.717) is 5.56 Å². The summed E-state index contributed by atoms with van der Waals surface area (Å²) in [6.45, 7) is -3.06. The molecule has 0 bridgehead atoms. The zero-order chi connectivity index (χ0) is 19.8. The highest BCUT2D eigenvalue weighted by molar-refractivity contribution is 5.96. The number of nitrogens with one attached hydrogen (secondary N) is 1. The van der Waals surface area contributed by atoms with Crippen molar-refractivity contribution < 1.29 is 27.8 Å². The lowest BCUT2D eigenvalue weighted by Gasteiger charge is -2.15. The van der Waals surface area contributed by atoms with Crippen LogP contribution in [-0.2, 0) is 9.59 Å². The minimum Gasteiger partial charge on any atom is -0.493 e. The predicted molar refractivity (Wildman–Crippen MR) is 95.2 cm³/mol. The first-order valence-electron chi connectivity index (χ1n) is 7.87. The van der Waals surface area contributed by atoms with Crippen molar-refractivity contribution in [1.82, 2.24) is 5.32 Å². The van der Waals surface area contributed by atoms with Crippen LogP contribution in [0.3, 0.4) is 0 Å². The lowest BCUT2D eigenvalue weighted by Crippen LogP contribution is -2.36. The standard InChI is InChI=1S/C19H18F2N2O4/c1-26-14-9-5-8-13(17(14)27-19(20)21)10-11-15(24)23-16(18(22)25)12-6-3-2-4-7-12/h2-11,16,19H,1H3,(H2,22,25)(H,23,24). The van der Waals surface area contributed by atoms with Gasteiger partial charge in [0.1, 0.15) is 6.04 Å². The number of nitrogens with two attached hydrogens (primary N) is 1. The summed E-state index contributed by atoms with van der Waals surface area (Å²) in [5, 5.41) is 2.47. The van der Waals surface area contributed by atoms with Gasteiger partial charge in [-0.2, -0.15) is 8.78 Å². The molecule has 3 N–H and O–H groups in total. The summed E-state index contributed by atoms with van der Waals surface area (Å²) in [4.78, 5) is 23.8. The van der Waals surface area contributed by atoms with Crippen molar-refractivity contribution in [1.29, 1.82) is 0 Å². The van der Waals surface area contributed by atoms with E-state index in [9.17, 15) is 18.4 Å². The molecule has 0 saturated heterocycles. The average molecular weight is 376 g/mol. The molecule has 0 aliphatic rings. The highest BCUT2D eigenvalue weighted by atomic mass is 19.3. The van der Waals surface area contributed by atoms with Gasteiger partial charge in [0.25, 0.3) is 0 Å². The number of carbonyl (C=O) groups is 2. The van der Waals surface area contributed by atoms with Gasteiger partial charge >= 0.3 is 6.61 Å². The molecule has 0 aliphatic carbocycles. The second-order valence-electron chi connectivity index (χ2n) is 5.35. The summed E-state index contributed by atoms with van der Waals surface area (Å²) in [7, 11) is 1.31. The van der Waals surface area contributed by atoms with E-state index in [-0.39, 0.29) is 17.1 Å². The van der Waals surface area contributed by atoms with Gasteiger partial charge in [0.15, 0.2) is 11.5 Å². The Morgan fingerprint density at radius 1 is 1.11 bits per heavy atom. The van der Waals surface area contributed by atoms with Gasteiger partial charge in [0, 0.05) is 11.6 Å². The van der Waals surface area contributed by atoms with E-state index in [1.165, 1.54) is 25.3 Å². The average Bonchev–Trinajstić information content (AvgIpc) is 2.65. The molecule has 8 heteroatoms. The number of hydrogen-bond donors (Lipinski definition) is 2. The number of rotatable bonds is 8. The smallest absolute Gasteiger partial charge is 0.387 e. The fourth-order valence-electron chi connectivity index (χ4n) is 2.36. The number of methoxy groups -OCH3 is 1. The SMILES string of the molecule is COc1cccc(C=CC(=O)NC(C(N)=O)c2ccccc2)c1OC(F)F. The van der Waals surface area contributed by atoms with Crippen LogP contribution in [0.15, 0.2) is 54.6 Å². The Labute approximate surface area is 154 Å². The fraction of sp³-hybridized carbons (Fsp3) is 0.158. The number of carbonyl (C=O) groups excluding carboxylic acids is 2. The maximum atomic E-state index is 12.6. The number of halogens is 2. The van der Waals surface area contributed by atoms with Crippen molar-refractivity contribution >= 4 is 17.9 Å². The van der Waals surface area contributed by atoms with Crippen LogP contribution in [0.25, 0.3) is 6.08 Å². The molecule has 0 fully saturated rings. The van der Waals surface area contributed by atoms with Crippen molar-refractivity contribution in [3.63, 3.8) is 0 Å². The van der Waals surface area contributed by atoms with E-state index in [1.54, 1.807) is 36.4 Å². The number of benzene rings is 2. The Morgan fingerprint density at radius 3 is 2.41 bits per heavy atom. The van der Waals surface area contributed by atoms with Crippen LogP contribution in [0.5, 0.6) is 11.5 Å². The number of alkyl halides is 2. The van der Waals surface area contributed by atoms with E-state index in [0.717, 1.165) is 6.08 Å². The van der Waals surface area contributed by atoms with Crippen LogP contribution in [0.2, 0.25) is 0 Å². The molecule has 0 heterocycles. The third kappa shape index (κ3) is 5.53. The van der Waals surface area contributed by atoms with Gasteiger partial charge in [-0.25, -0.2) is 0 Å². The van der Waals surface area contributed by atoms with Gasteiger partial charge in [-0.05, 0) is 17.7 Å². The molecule has 0 aromatic heterocycles. The first-order chi connectivity index (χ1) is 12.9. The molecule has 0 saturated carbocycles. The van der Waals surface area contributed by atoms with Gasteiger partial charge in [0.2, 0.25) is 11.8 Å². The van der Waals surface area contributed by atoms with Gasteiger partial charge in [-0.1, -0.05) is 42.5 Å². The number of ether oxygens (including phenoxy) is 2. The molecule has 2 aromatic rings. The highest BCUT2D eigenvalue weighted by Gasteiger charge is 2.19. The van der Waals surface area contributed by atoms with Crippen LogP contribution in [0.1, 0.15) is 17.2 Å². The summed E-state index contributed by atoms with van der Waals surface area (Å²) in [6.07, 6.45) is 2.37. The number of para-hydroxylation sites is 1. The molecule has 6 nitrogen and oxygen atoms in total. The lowest BCUT2D eigenvalue weighted by atomic mass is 10.1. The molecular weight excluding hydrogens is 358 g/mol. The first-order valence-corrected chi connectivity index (χ1v) is 7.87. The van der Waals surface area contributed by atoms with Crippen LogP contribution >= 0.6 is 0 Å². The quantitative estimate of drug-likeness (QED) is 0.693. The molecule has 0 spiro atoms. The summed E-state index contributed by atoms with van der Waals surface area (Å²) in [5.41, 5.74) is 6.07. The second kappa shape index (κ2) is 9.33. The minimum absolute atomic E-state index is 0.0946. The Kier molecular flexibility index (Phi) is 6.87. The summed E-state index contributed by atoms with van der Waals surface area (Å²) in [5.74, 6) is -1.47. The van der Waals surface area contributed by atoms with Gasteiger partial charge in [-0.3, -0.25) is 9.59 Å². The first kappa shape index (κ1) is 19.9. The van der Waals surface area contributed by atoms with Crippen molar-refractivity contribution in [3.8, 4) is 11.5 Å². The molecule has 1 unspecified atom stereocenters. The van der Waals surface area contributed by atoms with Crippen molar-refractivity contribution in [2.75, 3.05) is 7.11 Å². The zero-order valence-electron chi connectivity index (χ0n) is 14.4. The van der Waals surface area contributed by atoms with Crippen molar-refractivity contribution in [2.24, 2.45) is 5.73 Å². The maximum absolute atomic E-state index is 12.6. The lowest BCUT2D eigenvalue weighted by molar-refractivity contribution is -0.125. The summed E-state index contributed by atoms with van der Waals surface area (Å²) in [6, 6.07) is 11.9. The zero-order valence-corrected chi connectivity index (χ0v) is 14.4. The molecular formula is C19H18F2N2O4. The van der Waals surface area contributed by atoms with Crippen LogP contribution in [0, 0.1) is 0 Å². The molecule has 2 amide bonds. The van der Waals surface area contributed by atoms with Crippen molar-refractivity contribution in [3.05, 3.63) is 65.7 Å². The number of amides is 2. The molecule has 2 rings (SSSR count). The second-order valence-corrected chi connectivity index (χ2v) is 5.35. The Balaban J connectivity index is 2.20. The third-order valence-electron chi connectivity index (χ3n) is 3.55. The highest BCUT2D eigenvalue weighted by Crippen LogP contribution is 2.33. The van der Waals surface area contributed by atoms with E-state index < -0.39 is 24.5 Å². The maximum Gasteiger partial charge on any atom is 0.387 e. The topological polar surface area (TPSA) is 90.6 Å². The Hall–Kier alpha value is -3.42. The molecule has 142 valence electrons. The fourth-order valence-corrected chi connectivity index (χ4v) is 2.36. The van der Waals surface area contributed by atoms with Crippen molar-refractivity contribution in [2.45, 2.75) is 12.7 Å². The number of hydrogen-bond acceptors (Lipinski definition) is 4. The monoisotopic (exact) mass is 376 g/mol. The third-order valence-corrected chi connectivity index (χ3v) is 3.55. The van der Waals surface area contributed by atoms with Crippen LogP contribution in [0.4, 0.5) is 8.78 Å². The molecule has 0 aliphatic heterocycles. The Morgan fingerprint density at radius 2 is 1.81 bits per heavy atom. The molecule has 2 aromatic carbocycles. The largest absolute Gasteiger partial charge is 0.493 e. The predicted octanol–water partition coefficient (Wildman–Crippen LogP) is 2.65. The van der Waals surface area contributed by atoms with Gasteiger partial charge in [0.05, 0.1) is 7.11 Å². The van der Waals surface area contributed by atoms with E-state index >= 15 is 0 Å². The van der Waals surface area contributed by atoms with Gasteiger partial charge in [-0.15, -0.1) is 0 Å².